The summed E-state index contributed by atoms with van der Waals surface area (Å²) in [4.78, 5) is 0. The van der Waals surface area contributed by atoms with E-state index in [1.165, 1.54) is 0 Å². The number of hydrogen-bond donors (Lipinski definition) is 1. The van der Waals surface area contributed by atoms with Gasteiger partial charge in [0.1, 0.15) is 0 Å². The monoisotopic (exact) mass is 160 g/mol. The first-order chi connectivity index (χ1) is 5.04. The van der Waals surface area contributed by atoms with Crippen molar-refractivity contribution in [1.29, 1.82) is 0 Å². The summed E-state index contributed by atoms with van der Waals surface area (Å²) >= 11 is 0. The summed E-state index contributed by atoms with van der Waals surface area (Å²) in [5.41, 5.74) is 0. The van der Waals surface area contributed by atoms with E-state index in [-0.39, 0.29) is 6.10 Å². The SMILES string of the molecule is CC(C)COCC(O)C(C)C. The van der Waals surface area contributed by atoms with Gasteiger partial charge in [-0.15, -0.1) is 0 Å². The van der Waals surface area contributed by atoms with Gasteiger partial charge in [-0.25, -0.2) is 0 Å². The maximum atomic E-state index is 9.31. The highest BCUT2D eigenvalue weighted by molar-refractivity contribution is 4.57. The molecule has 1 atom stereocenters. The van der Waals surface area contributed by atoms with Gasteiger partial charge in [-0.3, -0.25) is 0 Å². The highest BCUT2D eigenvalue weighted by Crippen LogP contribution is 2.02. The molecule has 0 saturated carbocycles. The van der Waals surface area contributed by atoms with Crippen LogP contribution in [0.2, 0.25) is 0 Å². The summed E-state index contributed by atoms with van der Waals surface area (Å²) in [6.45, 7) is 9.38. The van der Waals surface area contributed by atoms with E-state index in [2.05, 4.69) is 13.8 Å². The third kappa shape index (κ3) is 6.32. The second kappa shape index (κ2) is 5.56. The summed E-state index contributed by atoms with van der Waals surface area (Å²) in [5, 5.41) is 9.31. The molecule has 0 radical (unpaired) electrons. The van der Waals surface area contributed by atoms with Crippen LogP contribution in [0.1, 0.15) is 27.7 Å². The number of aliphatic hydroxyl groups is 1. The largest absolute Gasteiger partial charge is 0.390 e. The summed E-state index contributed by atoms with van der Waals surface area (Å²) in [5.74, 6) is 0.844. The van der Waals surface area contributed by atoms with Crippen LogP contribution in [-0.2, 0) is 4.74 Å². The number of ether oxygens (including phenoxy) is 1. The Morgan fingerprint density at radius 2 is 1.64 bits per heavy atom. The summed E-state index contributed by atoms with van der Waals surface area (Å²) in [6.07, 6.45) is -0.311. The molecule has 11 heavy (non-hydrogen) atoms. The van der Waals surface area contributed by atoms with Crippen molar-refractivity contribution in [1.82, 2.24) is 0 Å². The quantitative estimate of drug-likeness (QED) is 0.663. The molecule has 68 valence electrons. The first-order valence-electron chi connectivity index (χ1n) is 4.29. The van der Waals surface area contributed by atoms with Crippen LogP contribution in [0.25, 0.3) is 0 Å². The van der Waals surface area contributed by atoms with Crippen molar-refractivity contribution in [2.24, 2.45) is 11.8 Å². The number of hydrogen-bond acceptors (Lipinski definition) is 2. The molecule has 0 rings (SSSR count). The molecule has 0 spiro atoms. The third-order valence-corrected chi connectivity index (χ3v) is 1.51. The molecule has 0 amide bonds. The Morgan fingerprint density at radius 3 is 2.00 bits per heavy atom. The van der Waals surface area contributed by atoms with Crippen molar-refractivity contribution >= 4 is 0 Å². The lowest BCUT2D eigenvalue weighted by atomic mass is 10.1. The van der Waals surface area contributed by atoms with E-state index in [0.29, 0.717) is 18.4 Å². The van der Waals surface area contributed by atoms with Gasteiger partial charge in [0.25, 0.3) is 0 Å². The van der Waals surface area contributed by atoms with Crippen molar-refractivity contribution in [2.45, 2.75) is 33.8 Å². The van der Waals surface area contributed by atoms with Gasteiger partial charge in [0.2, 0.25) is 0 Å². The molecule has 0 aromatic carbocycles. The lowest BCUT2D eigenvalue weighted by molar-refractivity contribution is 0.00441. The van der Waals surface area contributed by atoms with Crippen LogP contribution in [0, 0.1) is 11.8 Å². The van der Waals surface area contributed by atoms with Crippen molar-refractivity contribution in [2.75, 3.05) is 13.2 Å². The fraction of sp³-hybridized carbons (Fsp3) is 1.00. The zero-order chi connectivity index (χ0) is 8.85. The molecule has 2 heteroatoms. The predicted molar refractivity (Wildman–Crippen MR) is 46.5 cm³/mol. The van der Waals surface area contributed by atoms with Crippen LogP contribution in [0.15, 0.2) is 0 Å². The molecule has 1 N–H and O–H groups in total. The van der Waals surface area contributed by atoms with E-state index in [1.807, 2.05) is 13.8 Å². The molecule has 0 aliphatic heterocycles. The molecule has 0 aromatic rings. The average Bonchev–Trinajstić information content (AvgIpc) is 1.86. The molecule has 2 nitrogen and oxygen atoms in total. The first kappa shape index (κ1) is 10.9. The van der Waals surface area contributed by atoms with Gasteiger partial charge in [-0.1, -0.05) is 27.7 Å². The maximum absolute atomic E-state index is 9.31. The highest BCUT2D eigenvalue weighted by atomic mass is 16.5. The van der Waals surface area contributed by atoms with Crippen LogP contribution in [0.5, 0.6) is 0 Å². The Labute approximate surface area is 69.6 Å². The molecule has 0 heterocycles. The van der Waals surface area contributed by atoms with E-state index >= 15 is 0 Å². The van der Waals surface area contributed by atoms with Crippen LogP contribution in [0.3, 0.4) is 0 Å². The van der Waals surface area contributed by atoms with Gasteiger partial charge in [-0.05, 0) is 11.8 Å². The predicted octanol–water partition coefficient (Wildman–Crippen LogP) is 1.68. The topological polar surface area (TPSA) is 29.5 Å². The smallest absolute Gasteiger partial charge is 0.0796 e. The molecule has 0 fully saturated rings. The minimum Gasteiger partial charge on any atom is -0.390 e. The highest BCUT2D eigenvalue weighted by Gasteiger charge is 2.08. The third-order valence-electron chi connectivity index (χ3n) is 1.51. The van der Waals surface area contributed by atoms with Crippen molar-refractivity contribution < 1.29 is 9.84 Å². The van der Waals surface area contributed by atoms with E-state index in [9.17, 15) is 5.11 Å². The van der Waals surface area contributed by atoms with Gasteiger partial charge in [-0.2, -0.15) is 0 Å². The Kier molecular flexibility index (Phi) is 5.51. The van der Waals surface area contributed by atoms with Crippen LogP contribution < -0.4 is 0 Å². The second-order valence-electron chi connectivity index (χ2n) is 3.74. The van der Waals surface area contributed by atoms with E-state index in [0.717, 1.165) is 6.61 Å². The van der Waals surface area contributed by atoms with E-state index in [4.69, 9.17) is 4.74 Å². The van der Waals surface area contributed by atoms with Crippen molar-refractivity contribution in [3.63, 3.8) is 0 Å². The zero-order valence-corrected chi connectivity index (χ0v) is 8.00. The lowest BCUT2D eigenvalue weighted by Crippen LogP contribution is -2.22. The van der Waals surface area contributed by atoms with Crippen LogP contribution in [0.4, 0.5) is 0 Å². The fourth-order valence-electron chi connectivity index (χ4n) is 0.617. The van der Waals surface area contributed by atoms with E-state index in [1.54, 1.807) is 0 Å². The minimum atomic E-state index is -0.311. The molecule has 0 saturated heterocycles. The molecule has 0 bridgehead atoms. The van der Waals surface area contributed by atoms with Gasteiger partial charge >= 0.3 is 0 Å². The van der Waals surface area contributed by atoms with Gasteiger partial charge in [0.05, 0.1) is 12.7 Å². The normalized spacial score (nSPS) is 14.5. The van der Waals surface area contributed by atoms with Gasteiger partial charge in [0, 0.05) is 6.61 Å². The average molecular weight is 160 g/mol. The van der Waals surface area contributed by atoms with E-state index < -0.39 is 0 Å². The Balaban J connectivity index is 3.24. The zero-order valence-electron chi connectivity index (χ0n) is 8.00. The molecule has 0 aliphatic carbocycles. The van der Waals surface area contributed by atoms with Gasteiger partial charge < -0.3 is 9.84 Å². The molecule has 0 aliphatic rings. The first-order valence-corrected chi connectivity index (χ1v) is 4.29. The van der Waals surface area contributed by atoms with Crippen molar-refractivity contribution in [3.05, 3.63) is 0 Å². The Hall–Kier alpha value is -0.0800. The summed E-state index contributed by atoms with van der Waals surface area (Å²) in [7, 11) is 0. The Morgan fingerprint density at radius 1 is 1.09 bits per heavy atom. The Bertz CT molecular complexity index is 89.6. The standard InChI is InChI=1S/C9H20O2/c1-7(2)5-11-6-9(10)8(3)4/h7-10H,5-6H2,1-4H3. The molecular formula is C9H20O2. The van der Waals surface area contributed by atoms with Gasteiger partial charge in [0.15, 0.2) is 0 Å². The maximum Gasteiger partial charge on any atom is 0.0796 e. The van der Waals surface area contributed by atoms with Crippen molar-refractivity contribution in [3.8, 4) is 0 Å². The second-order valence-corrected chi connectivity index (χ2v) is 3.74. The molecule has 1 unspecified atom stereocenters. The van der Waals surface area contributed by atoms with Crippen LogP contribution in [-0.4, -0.2) is 24.4 Å². The van der Waals surface area contributed by atoms with Crippen LogP contribution >= 0.6 is 0 Å². The minimum absolute atomic E-state index is 0.294. The number of rotatable bonds is 5. The lowest BCUT2D eigenvalue weighted by Gasteiger charge is -2.15. The molecule has 0 aromatic heterocycles. The fourth-order valence-corrected chi connectivity index (χ4v) is 0.617. The number of aliphatic hydroxyl groups excluding tert-OH is 1. The summed E-state index contributed by atoms with van der Waals surface area (Å²) in [6, 6.07) is 0. The summed E-state index contributed by atoms with van der Waals surface area (Å²) < 4.78 is 5.27. The molecular weight excluding hydrogens is 140 g/mol.